The normalized spacial score (nSPS) is 15.2. The molecule has 23 heteroatoms. The molecule has 6 aromatic heterocycles. The average molecular weight is 1130 g/mol. The molecule has 83 heavy (non-hydrogen) atoms. The summed E-state index contributed by atoms with van der Waals surface area (Å²) in [6.07, 6.45) is 14.3. The van der Waals surface area contributed by atoms with E-state index in [4.69, 9.17) is 26.8 Å². The molecule has 23 nitrogen and oxygen atoms in total. The van der Waals surface area contributed by atoms with Crippen LogP contribution in [-0.4, -0.2) is 160 Å². The predicted octanol–water partition coefficient (Wildman–Crippen LogP) is 7.31. The highest BCUT2D eigenvalue weighted by molar-refractivity contribution is 6.06. The fourth-order valence-electron chi connectivity index (χ4n) is 9.41. The van der Waals surface area contributed by atoms with Crippen molar-refractivity contribution in [2.45, 2.75) is 64.5 Å². The Kier molecular flexibility index (Phi) is 19.8. The third kappa shape index (κ3) is 15.2. The zero-order valence-electron chi connectivity index (χ0n) is 48.1. The molecule has 8 heterocycles. The molecule has 8 aromatic rings. The summed E-state index contributed by atoms with van der Waals surface area (Å²) in [4.78, 5) is 79.8. The number of carboxylic acids is 1. The first-order valence-electron chi connectivity index (χ1n) is 27.4. The van der Waals surface area contributed by atoms with E-state index >= 15 is 0 Å². The Morgan fingerprint density at radius 1 is 0.651 bits per heavy atom. The number of nitrogens with two attached hydrogens (primary N) is 2. The van der Waals surface area contributed by atoms with Crippen LogP contribution in [0.5, 0.6) is 0 Å². The van der Waals surface area contributed by atoms with Crippen molar-refractivity contribution >= 4 is 69.0 Å². The van der Waals surface area contributed by atoms with Crippen LogP contribution in [0.25, 0.3) is 44.6 Å². The molecule has 2 saturated heterocycles. The van der Waals surface area contributed by atoms with E-state index in [9.17, 15) is 19.2 Å². The van der Waals surface area contributed by atoms with E-state index in [1.165, 1.54) is 12.7 Å². The molecule has 0 radical (unpaired) electrons. The van der Waals surface area contributed by atoms with Crippen molar-refractivity contribution in [1.82, 2.24) is 69.5 Å². The minimum atomic E-state index is -0.892. The Labute approximate surface area is 482 Å². The molecule has 2 fully saturated rings. The third-order valence-electron chi connectivity index (χ3n) is 13.9. The van der Waals surface area contributed by atoms with Gasteiger partial charge in [0.2, 0.25) is 5.91 Å². The molecule has 2 aromatic carbocycles. The van der Waals surface area contributed by atoms with Gasteiger partial charge in [-0.05, 0) is 119 Å². The number of carboxylic acid groups (broad SMARTS) is 1. The molecule has 2 aliphatic rings. The van der Waals surface area contributed by atoms with Gasteiger partial charge in [-0.3, -0.25) is 14.4 Å². The number of nitrogens with one attached hydrogen (secondary N) is 3. The number of benzene rings is 2. The van der Waals surface area contributed by atoms with Crippen molar-refractivity contribution < 1.29 is 24.3 Å². The largest absolute Gasteiger partial charge is 0.478 e. The van der Waals surface area contributed by atoms with Crippen LogP contribution in [0.1, 0.15) is 96.3 Å². The number of nitrogen functional groups attached to an aromatic ring is 2. The number of nitrogens with zero attached hydrogens (tertiary/aromatic N) is 13. The minimum Gasteiger partial charge on any atom is -0.478 e. The van der Waals surface area contributed by atoms with Gasteiger partial charge < -0.3 is 47.2 Å². The Hall–Kier alpha value is -9.32. The van der Waals surface area contributed by atoms with Crippen molar-refractivity contribution in [1.29, 1.82) is 0 Å². The number of hydrogen-bond acceptors (Lipinski definition) is 17. The summed E-state index contributed by atoms with van der Waals surface area (Å²) in [6.45, 7) is 12.7. The van der Waals surface area contributed by atoms with E-state index in [1.54, 1.807) is 48.8 Å². The van der Waals surface area contributed by atoms with Gasteiger partial charge in [0, 0.05) is 79.5 Å². The van der Waals surface area contributed by atoms with Crippen LogP contribution in [0.15, 0.2) is 122 Å². The van der Waals surface area contributed by atoms with Gasteiger partial charge in [-0.2, -0.15) is 10.2 Å². The van der Waals surface area contributed by atoms with Crippen molar-refractivity contribution in [3.05, 3.63) is 144 Å². The molecule has 0 saturated carbocycles. The molecule has 0 bridgehead atoms. The molecule has 0 unspecified atom stereocenters. The summed E-state index contributed by atoms with van der Waals surface area (Å²) >= 11 is 0. The topological polar surface area (TPSA) is 299 Å². The summed E-state index contributed by atoms with van der Waals surface area (Å²) < 4.78 is 3.80. The fraction of sp³-hybridized carbons (Fsp3) is 0.333. The molecule has 432 valence electrons. The second kappa shape index (κ2) is 27.4. The number of pyridine rings is 2. The highest BCUT2D eigenvalue weighted by Crippen LogP contribution is 2.35. The number of fused-ring (bicyclic) bond motifs is 2. The minimum absolute atomic E-state index is 0.0137. The quantitative estimate of drug-likeness (QED) is 0.0517. The Morgan fingerprint density at radius 2 is 1.12 bits per heavy atom. The molecule has 0 spiro atoms. The van der Waals surface area contributed by atoms with Gasteiger partial charge in [0.15, 0.2) is 11.3 Å². The number of aromatic nitrogens is 10. The van der Waals surface area contributed by atoms with E-state index < -0.39 is 5.97 Å². The smallest absolute Gasteiger partial charge is 0.328 e. The van der Waals surface area contributed by atoms with Crippen molar-refractivity contribution in [2.75, 3.05) is 89.6 Å². The number of carbonyl (C=O) groups is 4. The molecule has 8 N–H and O–H groups in total. The van der Waals surface area contributed by atoms with Crippen LogP contribution in [0, 0.1) is 0 Å². The van der Waals surface area contributed by atoms with Gasteiger partial charge in [0.25, 0.3) is 11.8 Å². The number of aliphatic carboxylic acids is 1. The second-order valence-corrected chi connectivity index (χ2v) is 21.4. The fourth-order valence-corrected chi connectivity index (χ4v) is 9.41. The molecule has 3 amide bonds. The van der Waals surface area contributed by atoms with E-state index in [-0.39, 0.29) is 29.8 Å². The van der Waals surface area contributed by atoms with Gasteiger partial charge in [-0.25, -0.2) is 44.1 Å². The maximum Gasteiger partial charge on any atom is 0.328 e. The number of anilines is 4. The summed E-state index contributed by atoms with van der Waals surface area (Å²) in [7, 11) is 7.68. The lowest BCUT2D eigenvalue weighted by Gasteiger charge is -2.15. The van der Waals surface area contributed by atoms with Crippen LogP contribution in [-0.2, 0) is 9.59 Å². The maximum atomic E-state index is 12.9. The average Bonchev–Trinajstić information content (AvgIpc) is 2.73. The van der Waals surface area contributed by atoms with Crippen molar-refractivity contribution in [3.63, 3.8) is 0 Å². The van der Waals surface area contributed by atoms with Gasteiger partial charge in [0.05, 0.1) is 22.9 Å². The zero-order valence-corrected chi connectivity index (χ0v) is 48.1. The van der Waals surface area contributed by atoms with Crippen molar-refractivity contribution in [3.8, 4) is 22.5 Å². The predicted molar refractivity (Wildman–Crippen MR) is 323 cm³/mol. The SMILES string of the molecule is CC(C)c1ccnc(NC(=O)c2ccc(-c3nn([C@@H]4CCN(C(=O)/C=C/CN(C)C)C4)c4ncnc(N)c34)cc2)c1.CC(C)c1ccnc(NC(=O)c2ccc(-c3nn([C@@H]4CCNC4)c4ncnc(N)c34)cc2)c1.CN(C)C/C=C/C(=O)O. The molecule has 2 aliphatic heterocycles. The summed E-state index contributed by atoms with van der Waals surface area (Å²) in [6, 6.07) is 22.3. The summed E-state index contributed by atoms with van der Waals surface area (Å²) in [5, 5.41) is 28.4. The van der Waals surface area contributed by atoms with Crippen molar-refractivity contribution in [2.24, 2.45) is 0 Å². The second-order valence-electron chi connectivity index (χ2n) is 21.4. The highest BCUT2D eigenvalue weighted by atomic mass is 16.4. The van der Waals surface area contributed by atoms with E-state index in [0.717, 1.165) is 65.3 Å². The lowest BCUT2D eigenvalue weighted by molar-refractivity contribution is -0.131. The molecule has 0 aliphatic carbocycles. The highest BCUT2D eigenvalue weighted by Gasteiger charge is 2.31. The monoisotopic (exact) mass is 1120 g/mol. The lowest BCUT2D eigenvalue weighted by atomic mass is 10.0. The van der Waals surface area contributed by atoms with Gasteiger partial charge >= 0.3 is 5.97 Å². The molecule has 2 atom stereocenters. The van der Waals surface area contributed by atoms with Gasteiger partial charge in [-0.1, -0.05) is 64.1 Å². The Balaban J connectivity index is 0.000000192. The zero-order chi connectivity index (χ0) is 59.3. The molecule has 10 rings (SSSR count). The first-order chi connectivity index (χ1) is 39.8. The van der Waals surface area contributed by atoms with Crippen LogP contribution >= 0.6 is 0 Å². The van der Waals surface area contributed by atoms with E-state index in [1.807, 2.05) is 107 Å². The van der Waals surface area contributed by atoms with Gasteiger partial charge in [-0.15, -0.1) is 0 Å². The van der Waals surface area contributed by atoms with E-state index in [2.05, 4.69) is 73.5 Å². The first kappa shape index (κ1) is 59.8. The maximum absolute atomic E-state index is 12.9. The van der Waals surface area contributed by atoms with Crippen LogP contribution in [0.2, 0.25) is 0 Å². The standard InChI is InChI=1S/C30H35N9O2.C24H26N8O.C6H11NO2/c1-19(2)22-11-13-32-24(16-22)35-30(41)21-9-7-20(8-10-21)27-26-28(31)33-18-34-29(26)39(36-27)23-12-15-38(17-23)25(40)6-5-14-37(3)4;1-14(2)17-7-10-27-19(11-17)30-24(33)16-5-3-15(4-6-16)21-20-22(25)28-13-29-23(20)32(31-21)18-8-9-26-12-18;1-7(2)5-3-4-6(8)9/h5-11,13,16,18-19,23H,12,14-15,17H2,1-4H3,(H2,31,33,34)(H,32,35,41);3-7,10-11,13-14,18,26H,8-9,12H2,1-2H3,(H2,25,28,29)(H,27,30,33);3-4H,5H2,1-2H3,(H,8,9)/b6-5+;;4-3+/t23-;18-;/m11./s1. The van der Waals surface area contributed by atoms with Crippen LogP contribution in [0.3, 0.4) is 0 Å². The number of amides is 3. The summed E-state index contributed by atoms with van der Waals surface area (Å²) in [5.41, 5.74) is 20.1. The van der Waals surface area contributed by atoms with Crippen LogP contribution < -0.4 is 27.4 Å². The van der Waals surface area contributed by atoms with Crippen LogP contribution in [0.4, 0.5) is 23.3 Å². The Morgan fingerprint density at radius 3 is 1.55 bits per heavy atom. The lowest BCUT2D eigenvalue weighted by Crippen LogP contribution is -2.28. The number of likely N-dealkylation sites (tertiary alicyclic amines) is 1. The number of carbonyl (C=O) groups excluding carboxylic acids is 3. The first-order valence-corrected chi connectivity index (χ1v) is 27.4. The number of rotatable bonds is 16. The number of hydrogen-bond donors (Lipinski definition) is 6. The summed E-state index contributed by atoms with van der Waals surface area (Å²) in [5.74, 6) is 1.08. The van der Waals surface area contributed by atoms with E-state index in [0.29, 0.717) is 94.8 Å². The Bertz CT molecular complexity index is 3620. The number of likely N-dealkylation sites (N-methyl/N-ethyl adjacent to an activating group) is 2. The third-order valence-corrected chi connectivity index (χ3v) is 13.9. The molecular formula is C60H72N18O5. The molecular weight excluding hydrogens is 1050 g/mol. The van der Waals surface area contributed by atoms with Gasteiger partial charge in [0.1, 0.15) is 47.3 Å².